The Morgan fingerprint density at radius 2 is 1.86 bits per heavy atom. The Kier molecular flexibility index (Phi) is 3.97. The maximum atomic E-state index is 13.0. The fourth-order valence-electron chi connectivity index (χ4n) is 1.57. The minimum Gasteiger partial charge on any atom is -0.439 e. The van der Waals surface area contributed by atoms with Crippen LogP contribution in [-0.4, -0.2) is 17.0 Å². The third-order valence-electron chi connectivity index (χ3n) is 2.57. The van der Waals surface area contributed by atoms with Crippen molar-refractivity contribution in [3.05, 3.63) is 41.3 Å². The van der Waals surface area contributed by atoms with Crippen molar-refractivity contribution in [3.63, 3.8) is 0 Å². The summed E-state index contributed by atoms with van der Waals surface area (Å²) in [6.07, 6.45) is -4.62. The standard InChI is InChI=1S/C13H11F4N3O/c1-7-5-8(14)3-4-9(7)21-11-6-10(13(15,16)17)19-12(18-2)20-11/h3-6H,1-2H3,(H,18,19,20). The molecule has 0 saturated heterocycles. The molecule has 0 aliphatic rings. The van der Waals surface area contributed by atoms with Crippen molar-refractivity contribution in [2.24, 2.45) is 0 Å². The second-order valence-electron chi connectivity index (χ2n) is 4.17. The maximum Gasteiger partial charge on any atom is 0.433 e. The largest absolute Gasteiger partial charge is 0.439 e. The highest BCUT2D eigenvalue weighted by molar-refractivity contribution is 5.38. The Morgan fingerprint density at radius 1 is 1.14 bits per heavy atom. The zero-order valence-electron chi connectivity index (χ0n) is 11.1. The smallest absolute Gasteiger partial charge is 0.433 e. The summed E-state index contributed by atoms with van der Waals surface area (Å²) in [6, 6.07) is 4.36. The van der Waals surface area contributed by atoms with E-state index < -0.39 is 17.7 Å². The summed E-state index contributed by atoms with van der Waals surface area (Å²) in [5.74, 6) is -0.754. The minimum atomic E-state index is -4.62. The van der Waals surface area contributed by atoms with Gasteiger partial charge < -0.3 is 10.1 Å². The molecule has 0 aliphatic carbocycles. The number of nitrogens with one attached hydrogen (secondary N) is 1. The van der Waals surface area contributed by atoms with Gasteiger partial charge in [0.1, 0.15) is 11.6 Å². The first kappa shape index (κ1) is 15.0. The van der Waals surface area contributed by atoms with Gasteiger partial charge >= 0.3 is 6.18 Å². The molecular weight excluding hydrogens is 290 g/mol. The highest BCUT2D eigenvalue weighted by atomic mass is 19.4. The van der Waals surface area contributed by atoms with Crippen LogP contribution >= 0.6 is 0 Å². The molecule has 8 heteroatoms. The van der Waals surface area contributed by atoms with Crippen LogP contribution in [0.5, 0.6) is 11.6 Å². The van der Waals surface area contributed by atoms with Gasteiger partial charge in [0.15, 0.2) is 5.69 Å². The topological polar surface area (TPSA) is 47.0 Å². The maximum absolute atomic E-state index is 13.0. The first-order valence-electron chi connectivity index (χ1n) is 5.87. The van der Waals surface area contributed by atoms with E-state index in [0.717, 1.165) is 6.07 Å². The lowest BCUT2D eigenvalue weighted by atomic mass is 10.2. The van der Waals surface area contributed by atoms with Gasteiger partial charge in [0.25, 0.3) is 0 Å². The molecule has 1 aromatic heterocycles. The first-order valence-corrected chi connectivity index (χ1v) is 5.87. The summed E-state index contributed by atoms with van der Waals surface area (Å²) in [5, 5.41) is 2.43. The minimum absolute atomic E-state index is 0.213. The quantitative estimate of drug-likeness (QED) is 0.877. The van der Waals surface area contributed by atoms with Crippen molar-refractivity contribution >= 4 is 5.95 Å². The van der Waals surface area contributed by atoms with Crippen LogP contribution in [0.4, 0.5) is 23.5 Å². The summed E-state index contributed by atoms with van der Waals surface area (Å²) in [5.41, 5.74) is -0.690. The SMILES string of the molecule is CNc1nc(Oc2ccc(F)cc2C)cc(C(F)(F)F)n1. The van der Waals surface area contributed by atoms with Crippen molar-refractivity contribution in [3.8, 4) is 11.6 Å². The van der Waals surface area contributed by atoms with E-state index in [1.165, 1.54) is 19.2 Å². The number of halogens is 4. The Labute approximate surface area is 117 Å². The van der Waals surface area contributed by atoms with Gasteiger partial charge in [0, 0.05) is 13.1 Å². The van der Waals surface area contributed by atoms with Gasteiger partial charge in [-0.1, -0.05) is 0 Å². The number of anilines is 1. The van der Waals surface area contributed by atoms with Crippen molar-refractivity contribution in [1.82, 2.24) is 9.97 Å². The number of hydrogen-bond donors (Lipinski definition) is 1. The van der Waals surface area contributed by atoms with Crippen molar-refractivity contribution in [2.45, 2.75) is 13.1 Å². The molecule has 1 aromatic carbocycles. The van der Waals surface area contributed by atoms with E-state index in [2.05, 4.69) is 15.3 Å². The second-order valence-corrected chi connectivity index (χ2v) is 4.17. The number of aryl methyl sites for hydroxylation is 1. The molecule has 0 aliphatic heterocycles. The van der Waals surface area contributed by atoms with Gasteiger partial charge in [0.2, 0.25) is 11.8 Å². The molecule has 1 heterocycles. The van der Waals surface area contributed by atoms with E-state index in [1.807, 2.05) is 0 Å². The lowest BCUT2D eigenvalue weighted by Crippen LogP contribution is -2.11. The predicted molar refractivity (Wildman–Crippen MR) is 67.8 cm³/mol. The van der Waals surface area contributed by atoms with E-state index in [4.69, 9.17) is 4.74 Å². The molecule has 4 nitrogen and oxygen atoms in total. The van der Waals surface area contributed by atoms with E-state index >= 15 is 0 Å². The van der Waals surface area contributed by atoms with Crippen LogP contribution in [0.3, 0.4) is 0 Å². The summed E-state index contributed by atoms with van der Waals surface area (Å²) >= 11 is 0. The number of rotatable bonds is 3. The Bertz CT molecular complexity index is 658. The number of nitrogens with zero attached hydrogens (tertiary/aromatic N) is 2. The molecule has 2 aromatic rings. The van der Waals surface area contributed by atoms with E-state index in [-0.39, 0.29) is 17.6 Å². The summed E-state index contributed by atoms with van der Waals surface area (Å²) < 4.78 is 56.5. The fraction of sp³-hybridized carbons (Fsp3) is 0.231. The number of hydrogen-bond acceptors (Lipinski definition) is 4. The van der Waals surface area contributed by atoms with E-state index in [9.17, 15) is 17.6 Å². The Morgan fingerprint density at radius 3 is 2.43 bits per heavy atom. The molecule has 0 amide bonds. The number of alkyl halides is 3. The van der Waals surface area contributed by atoms with Gasteiger partial charge in [-0.15, -0.1) is 0 Å². The highest BCUT2D eigenvalue weighted by Gasteiger charge is 2.34. The van der Waals surface area contributed by atoms with Crippen LogP contribution in [-0.2, 0) is 6.18 Å². The van der Waals surface area contributed by atoms with Crippen molar-refractivity contribution < 1.29 is 22.3 Å². The number of aromatic nitrogens is 2. The normalized spacial score (nSPS) is 11.3. The van der Waals surface area contributed by atoms with Crippen molar-refractivity contribution in [2.75, 3.05) is 12.4 Å². The highest BCUT2D eigenvalue weighted by Crippen LogP contribution is 2.32. The van der Waals surface area contributed by atoms with Crippen molar-refractivity contribution in [1.29, 1.82) is 0 Å². The molecule has 0 radical (unpaired) electrons. The molecule has 1 N–H and O–H groups in total. The third-order valence-corrected chi connectivity index (χ3v) is 2.57. The molecule has 0 spiro atoms. The number of benzene rings is 1. The van der Waals surface area contributed by atoms with Crippen LogP contribution in [0, 0.1) is 12.7 Å². The third kappa shape index (κ3) is 3.59. The molecule has 0 unspecified atom stereocenters. The van der Waals surface area contributed by atoms with Gasteiger partial charge in [0.05, 0.1) is 0 Å². The van der Waals surface area contributed by atoms with Crippen LogP contribution in [0.15, 0.2) is 24.3 Å². The zero-order chi connectivity index (χ0) is 15.6. The molecule has 2 rings (SSSR count). The summed E-state index contributed by atoms with van der Waals surface area (Å²) in [4.78, 5) is 7.10. The predicted octanol–water partition coefficient (Wildman–Crippen LogP) is 3.78. The van der Waals surface area contributed by atoms with Gasteiger partial charge in [-0.05, 0) is 30.7 Å². The second kappa shape index (κ2) is 5.55. The monoisotopic (exact) mass is 301 g/mol. The molecule has 21 heavy (non-hydrogen) atoms. The van der Waals surface area contributed by atoms with Crippen LogP contribution < -0.4 is 10.1 Å². The van der Waals surface area contributed by atoms with Crippen LogP contribution in [0.2, 0.25) is 0 Å². The Balaban J connectivity index is 2.39. The van der Waals surface area contributed by atoms with E-state index in [0.29, 0.717) is 11.6 Å². The van der Waals surface area contributed by atoms with Gasteiger partial charge in [-0.2, -0.15) is 18.2 Å². The average molecular weight is 301 g/mol. The van der Waals surface area contributed by atoms with Gasteiger partial charge in [-0.3, -0.25) is 0 Å². The van der Waals surface area contributed by atoms with Crippen LogP contribution in [0.1, 0.15) is 11.3 Å². The molecule has 0 saturated carbocycles. The molecular formula is C13H11F4N3O. The lowest BCUT2D eigenvalue weighted by molar-refractivity contribution is -0.141. The van der Waals surface area contributed by atoms with E-state index in [1.54, 1.807) is 6.92 Å². The molecule has 0 fully saturated rings. The molecule has 0 bridgehead atoms. The molecule has 0 atom stereocenters. The Hall–Kier alpha value is -2.38. The first-order chi connectivity index (χ1) is 9.79. The lowest BCUT2D eigenvalue weighted by Gasteiger charge is -2.12. The summed E-state index contributed by atoms with van der Waals surface area (Å²) in [7, 11) is 1.39. The fourth-order valence-corrected chi connectivity index (χ4v) is 1.57. The number of ether oxygens (including phenoxy) is 1. The summed E-state index contributed by atoms with van der Waals surface area (Å²) in [6.45, 7) is 1.57. The van der Waals surface area contributed by atoms with Gasteiger partial charge in [-0.25, -0.2) is 9.37 Å². The zero-order valence-corrected chi connectivity index (χ0v) is 11.1. The average Bonchev–Trinajstić information content (AvgIpc) is 2.40. The molecule has 112 valence electrons. The van der Waals surface area contributed by atoms with Crippen LogP contribution in [0.25, 0.3) is 0 Å².